The first-order chi connectivity index (χ1) is 6.45. The lowest BCUT2D eigenvalue weighted by Gasteiger charge is -2.07. The number of hydrogen-bond donors (Lipinski definition) is 0. The molecule has 0 saturated heterocycles. The maximum absolute atomic E-state index is 2.24. The Morgan fingerprint density at radius 1 is 1.00 bits per heavy atom. The fourth-order valence-electron chi connectivity index (χ4n) is 2.31. The van der Waals surface area contributed by atoms with E-state index >= 15 is 0 Å². The van der Waals surface area contributed by atoms with Crippen molar-refractivity contribution in [2.45, 2.75) is 38.5 Å². The van der Waals surface area contributed by atoms with Gasteiger partial charge in [-0.3, -0.25) is 0 Å². The van der Waals surface area contributed by atoms with Crippen molar-refractivity contribution in [3.8, 4) is 0 Å². The average molecular weight is 174 g/mol. The van der Waals surface area contributed by atoms with E-state index < -0.39 is 0 Å². The summed E-state index contributed by atoms with van der Waals surface area (Å²) in [5, 5.41) is 0. The summed E-state index contributed by atoms with van der Waals surface area (Å²) in [6, 6.07) is 10.9. The summed E-state index contributed by atoms with van der Waals surface area (Å²) in [6.45, 7) is 0. The van der Waals surface area contributed by atoms with Crippen LogP contribution in [0.4, 0.5) is 0 Å². The van der Waals surface area contributed by atoms with Gasteiger partial charge in [0.15, 0.2) is 0 Å². The Morgan fingerprint density at radius 2 is 1.69 bits per heavy atom. The van der Waals surface area contributed by atoms with Crippen molar-refractivity contribution in [3.05, 3.63) is 35.9 Å². The molecule has 1 aromatic rings. The van der Waals surface area contributed by atoms with Gasteiger partial charge in [0.25, 0.3) is 0 Å². The van der Waals surface area contributed by atoms with Crippen LogP contribution in [0.25, 0.3) is 0 Å². The number of hydrogen-bond acceptors (Lipinski definition) is 0. The Balaban J connectivity index is 1.79. The minimum Gasteiger partial charge on any atom is -0.0622 e. The lowest BCUT2D eigenvalue weighted by Crippen LogP contribution is -1.95. The highest BCUT2D eigenvalue weighted by Gasteiger charge is 2.14. The Bertz CT molecular complexity index is 231. The zero-order valence-electron chi connectivity index (χ0n) is 8.21. The monoisotopic (exact) mass is 174 g/mol. The lowest BCUT2D eigenvalue weighted by atomic mass is 9.98. The minimum atomic E-state index is 1.03. The quantitative estimate of drug-likeness (QED) is 0.653. The highest BCUT2D eigenvalue weighted by molar-refractivity contribution is 5.14. The van der Waals surface area contributed by atoms with E-state index in [0.717, 1.165) is 5.92 Å². The van der Waals surface area contributed by atoms with Gasteiger partial charge < -0.3 is 0 Å². The minimum absolute atomic E-state index is 1.03. The molecule has 0 heterocycles. The number of benzene rings is 1. The van der Waals surface area contributed by atoms with Gasteiger partial charge in [-0.05, 0) is 24.3 Å². The van der Waals surface area contributed by atoms with Crippen LogP contribution < -0.4 is 0 Å². The molecular weight excluding hydrogens is 156 g/mol. The predicted molar refractivity (Wildman–Crippen MR) is 56.7 cm³/mol. The number of rotatable bonds is 3. The Labute approximate surface area is 81.0 Å². The van der Waals surface area contributed by atoms with Gasteiger partial charge in [0.05, 0.1) is 0 Å². The standard InChI is InChI=1S/C13H18/c1-2-6-12(7-3-1)10-11-13-8-4-5-9-13/h1-3,6-7,13H,4-5,8-11H2. The molecular formula is C13H18. The molecule has 1 aromatic carbocycles. The molecule has 0 aromatic heterocycles. The van der Waals surface area contributed by atoms with Crippen molar-refractivity contribution in [2.24, 2.45) is 5.92 Å². The van der Waals surface area contributed by atoms with Crippen molar-refractivity contribution < 1.29 is 0 Å². The van der Waals surface area contributed by atoms with Crippen LogP contribution in [0.5, 0.6) is 0 Å². The molecule has 1 fully saturated rings. The van der Waals surface area contributed by atoms with E-state index in [0.29, 0.717) is 0 Å². The van der Waals surface area contributed by atoms with Gasteiger partial charge in [0.1, 0.15) is 0 Å². The van der Waals surface area contributed by atoms with Crippen LogP contribution in [0.1, 0.15) is 37.7 Å². The molecule has 0 spiro atoms. The zero-order chi connectivity index (χ0) is 8.93. The van der Waals surface area contributed by atoms with Crippen molar-refractivity contribution in [3.63, 3.8) is 0 Å². The van der Waals surface area contributed by atoms with Gasteiger partial charge in [0, 0.05) is 0 Å². The largest absolute Gasteiger partial charge is 0.0622 e. The Hall–Kier alpha value is -0.780. The summed E-state index contributed by atoms with van der Waals surface area (Å²) < 4.78 is 0. The van der Waals surface area contributed by atoms with E-state index in [1.165, 1.54) is 44.1 Å². The van der Waals surface area contributed by atoms with Crippen molar-refractivity contribution in [1.82, 2.24) is 0 Å². The maximum Gasteiger partial charge on any atom is -0.0276 e. The molecule has 1 aliphatic rings. The van der Waals surface area contributed by atoms with Gasteiger partial charge in [0.2, 0.25) is 0 Å². The van der Waals surface area contributed by atoms with Gasteiger partial charge in [-0.1, -0.05) is 56.0 Å². The zero-order valence-corrected chi connectivity index (χ0v) is 8.21. The molecule has 0 heteroatoms. The van der Waals surface area contributed by atoms with Crippen LogP contribution in [0, 0.1) is 5.92 Å². The first-order valence-electron chi connectivity index (χ1n) is 5.49. The SMILES string of the molecule is c1ccc(CCC2CCCC2)cc1. The molecule has 2 rings (SSSR count). The van der Waals surface area contributed by atoms with Crippen LogP contribution in [-0.4, -0.2) is 0 Å². The molecule has 1 aliphatic carbocycles. The maximum atomic E-state index is 2.24. The summed E-state index contributed by atoms with van der Waals surface area (Å²) in [5.74, 6) is 1.03. The number of aryl methyl sites for hydroxylation is 1. The van der Waals surface area contributed by atoms with Gasteiger partial charge in [-0.25, -0.2) is 0 Å². The highest BCUT2D eigenvalue weighted by Crippen LogP contribution is 2.28. The molecule has 0 amide bonds. The molecule has 0 bridgehead atoms. The molecule has 1 saturated carbocycles. The predicted octanol–water partition coefficient (Wildman–Crippen LogP) is 3.81. The first-order valence-corrected chi connectivity index (χ1v) is 5.49. The fourth-order valence-corrected chi connectivity index (χ4v) is 2.31. The second kappa shape index (κ2) is 4.45. The highest BCUT2D eigenvalue weighted by atomic mass is 14.2. The molecule has 0 N–H and O–H groups in total. The fraction of sp³-hybridized carbons (Fsp3) is 0.538. The van der Waals surface area contributed by atoms with Crippen LogP contribution in [-0.2, 0) is 6.42 Å². The third kappa shape index (κ3) is 2.58. The summed E-state index contributed by atoms with van der Waals surface area (Å²) in [7, 11) is 0. The molecule has 0 unspecified atom stereocenters. The topological polar surface area (TPSA) is 0 Å². The van der Waals surface area contributed by atoms with Gasteiger partial charge in [-0.2, -0.15) is 0 Å². The van der Waals surface area contributed by atoms with Gasteiger partial charge in [-0.15, -0.1) is 0 Å². The Kier molecular flexibility index (Phi) is 3.02. The normalized spacial score (nSPS) is 17.8. The average Bonchev–Trinajstić information content (AvgIpc) is 2.69. The molecule has 0 nitrogen and oxygen atoms in total. The first kappa shape index (κ1) is 8.80. The van der Waals surface area contributed by atoms with Crippen molar-refractivity contribution >= 4 is 0 Å². The van der Waals surface area contributed by atoms with E-state index in [9.17, 15) is 0 Å². The lowest BCUT2D eigenvalue weighted by molar-refractivity contribution is 0.504. The van der Waals surface area contributed by atoms with Crippen molar-refractivity contribution in [2.75, 3.05) is 0 Å². The summed E-state index contributed by atoms with van der Waals surface area (Å²) in [4.78, 5) is 0. The third-order valence-electron chi connectivity index (χ3n) is 3.16. The van der Waals surface area contributed by atoms with Crippen LogP contribution in [0.3, 0.4) is 0 Å². The second-order valence-corrected chi connectivity index (χ2v) is 4.17. The van der Waals surface area contributed by atoms with Crippen molar-refractivity contribution in [1.29, 1.82) is 0 Å². The van der Waals surface area contributed by atoms with E-state index in [-0.39, 0.29) is 0 Å². The molecule has 0 atom stereocenters. The van der Waals surface area contributed by atoms with E-state index in [4.69, 9.17) is 0 Å². The summed E-state index contributed by atoms with van der Waals surface area (Å²) in [5.41, 5.74) is 1.51. The van der Waals surface area contributed by atoms with Crippen LogP contribution in [0.15, 0.2) is 30.3 Å². The molecule has 0 radical (unpaired) electrons. The second-order valence-electron chi connectivity index (χ2n) is 4.17. The van der Waals surface area contributed by atoms with E-state index in [2.05, 4.69) is 30.3 Å². The van der Waals surface area contributed by atoms with E-state index in [1.807, 2.05) is 0 Å². The van der Waals surface area contributed by atoms with E-state index in [1.54, 1.807) is 0 Å². The van der Waals surface area contributed by atoms with Crippen LogP contribution >= 0.6 is 0 Å². The third-order valence-corrected chi connectivity index (χ3v) is 3.16. The molecule has 0 aliphatic heterocycles. The summed E-state index contributed by atoms with van der Waals surface area (Å²) in [6.07, 6.45) is 8.59. The smallest absolute Gasteiger partial charge is 0.0276 e. The molecule has 70 valence electrons. The van der Waals surface area contributed by atoms with Crippen LogP contribution in [0.2, 0.25) is 0 Å². The Morgan fingerprint density at radius 3 is 2.38 bits per heavy atom. The van der Waals surface area contributed by atoms with Gasteiger partial charge >= 0.3 is 0 Å². The molecule has 13 heavy (non-hydrogen) atoms. The summed E-state index contributed by atoms with van der Waals surface area (Å²) >= 11 is 0.